The van der Waals surface area contributed by atoms with Crippen molar-refractivity contribution in [3.05, 3.63) is 65.7 Å². The van der Waals surface area contributed by atoms with Gasteiger partial charge in [0.1, 0.15) is 18.0 Å². The number of hydrogen-bond acceptors (Lipinski definition) is 6. The number of piperazine rings is 1. The van der Waals surface area contributed by atoms with E-state index in [2.05, 4.69) is 5.32 Å². The Labute approximate surface area is 221 Å². The van der Waals surface area contributed by atoms with E-state index in [1.807, 2.05) is 54.6 Å². The number of hydrogen-bond donors (Lipinski definition) is 2. The Morgan fingerprint density at radius 2 is 1.76 bits per heavy atom. The number of urea groups is 1. The standard InChI is InChI=1S/C27H33N5O6/c1-29-18-24(33)31-22(12-13-25(34)35)26(36)30(15-14-19-8-10-21(38-2)11-9-19)17-23(31)32(29)27(37)28-16-20-6-4-3-5-7-20/h3-11,22-23H,12-18H2,1-2H3,(H,28,37)(H,34,35)/t22-,23-/m0/s1. The van der Waals surface area contributed by atoms with Crippen molar-refractivity contribution in [2.75, 3.05) is 33.8 Å². The molecule has 2 fully saturated rings. The van der Waals surface area contributed by atoms with Crippen molar-refractivity contribution >= 4 is 23.8 Å². The molecule has 0 spiro atoms. The van der Waals surface area contributed by atoms with E-state index in [0.717, 1.165) is 16.9 Å². The number of amides is 4. The molecule has 2 N–H and O–H groups in total. The number of methoxy groups -OCH3 is 1. The lowest BCUT2D eigenvalue weighted by Gasteiger charge is -2.54. The van der Waals surface area contributed by atoms with Crippen LogP contribution in [-0.2, 0) is 27.3 Å². The van der Waals surface area contributed by atoms with Crippen LogP contribution in [0.4, 0.5) is 4.79 Å². The predicted molar refractivity (Wildman–Crippen MR) is 138 cm³/mol. The van der Waals surface area contributed by atoms with E-state index in [0.29, 0.717) is 19.5 Å². The van der Waals surface area contributed by atoms with Crippen LogP contribution in [-0.4, -0.2) is 94.7 Å². The Morgan fingerprint density at radius 3 is 2.42 bits per heavy atom. The Kier molecular flexibility index (Phi) is 8.47. The molecule has 202 valence electrons. The molecule has 2 aromatic rings. The molecule has 0 unspecified atom stereocenters. The number of ether oxygens (including phenoxy) is 1. The van der Waals surface area contributed by atoms with Gasteiger partial charge < -0.3 is 25.0 Å². The molecule has 2 aliphatic rings. The molecule has 38 heavy (non-hydrogen) atoms. The summed E-state index contributed by atoms with van der Waals surface area (Å²) in [5.41, 5.74) is 1.92. The van der Waals surface area contributed by atoms with Gasteiger partial charge in [0.05, 0.1) is 20.2 Å². The first-order valence-electron chi connectivity index (χ1n) is 12.5. The number of carboxylic acids is 1. The molecule has 11 nitrogen and oxygen atoms in total. The molecule has 2 aromatic carbocycles. The average Bonchev–Trinajstić information content (AvgIpc) is 2.91. The molecule has 0 aliphatic carbocycles. The fourth-order valence-electron chi connectivity index (χ4n) is 4.95. The van der Waals surface area contributed by atoms with Gasteiger partial charge in [-0.2, -0.15) is 0 Å². The normalized spacial score (nSPS) is 19.8. The Balaban J connectivity index is 1.56. The summed E-state index contributed by atoms with van der Waals surface area (Å²) in [5, 5.41) is 15.2. The lowest BCUT2D eigenvalue weighted by Crippen LogP contribution is -2.76. The van der Waals surface area contributed by atoms with Crippen LogP contribution in [0.15, 0.2) is 54.6 Å². The Bertz CT molecular complexity index is 1160. The summed E-state index contributed by atoms with van der Waals surface area (Å²) in [6.07, 6.45) is -0.504. The Morgan fingerprint density at radius 1 is 1.05 bits per heavy atom. The van der Waals surface area contributed by atoms with Gasteiger partial charge in [-0.15, -0.1) is 0 Å². The fourth-order valence-corrected chi connectivity index (χ4v) is 4.95. The molecular formula is C27H33N5O6. The SMILES string of the molecule is COc1ccc(CCN2C[C@H]3N(C(=O)CN(C)N3C(=O)NCc3ccccc3)[C@@H](CCC(=O)O)C2=O)cc1. The number of aliphatic carboxylic acids is 1. The monoisotopic (exact) mass is 523 g/mol. The maximum atomic E-state index is 13.5. The molecule has 0 radical (unpaired) electrons. The molecule has 2 atom stereocenters. The number of nitrogens with zero attached hydrogens (tertiary/aromatic N) is 4. The van der Waals surface area contributed by atoms with E-state index in [1.165, 1.54) is 9.91 Å². The number of nitrogens with one attached hydrogen (secondary N) is 1. The van der Waals surface area contributed by atoms with Crippen LogP contribution in [0.5, 0.6) is 5.75 Å². The highest BCUT2D eigenvalue weighted by atomic mass is 16.5. The molecule has 0 saturated carbocycles. The number of likely N-dealkylation sites (N-methyl/N-ethyl adjacent to an activating group) is 1. The molecule has 11 heteroatoms. The summed E-state index contributed by atoms with van der Waals surface area (Å²) in [6.45, 7) is 0.676. The number of carboxylic acid groups (broad SMARTS) is 1. The van der Waals surface area contributed by atoms with Crippen LogP contribution in [0.3, 0.4) is 0 Å². The van der Waals surface area contributed by atoms with Crippen LogP contribution >= 0.6 is 0 Å². The van der Waals surface area contributed by atoms with Crippen molar-refractivity contribution in [1.82, 2.24) is 25.1 Å². The summed E-state index contributed by atoms with van der Waals surface area (Å²) >= 11 is 0. The van der Waals surface area contributed by atoms with Crippen molar-refractivity contribution in [3.8, 4) is 5.75 Å². The first kappa shape index (κ1) is 26.9. The van der Waals surface area contributed by atoms with E-state index in [4.69, 9.17) is 4.74 Å². The van der Waals surface area contributed by atoms with Crippen LogP contribution in [0.2, 0.25) is 0 Å². The van der Waals surface area contributed by atoms with Crippen molar-refractivity contribution in [2.24, 2.45) is 0 Å². The topological polar surface area (TPSA) is 123 Å². The minimum absolute atomic E-state index is 0.0291. The summed E-state index contributed by atoms with van der Waals surface area (Å²) in [5.74, 6) is -0.946. The fraction of sp³-hybridized carbons (Fsp3) is 0.407. The van der Waals surface area contributed by atoms with E-state index in [1.54, 1.807) is 24.1 Å². The first-order valence-corrected chi connectivity index (χ1v) is 12.5. The number of hydrazine groups is 1. The summed E-state index contributed by atoms with van der Waals surface area (Å²) < 4.78 is 5.20. The summed E-state index contributed by atoms with van der Waals surface area (Å²) in [4.78, 5) is 54.4. The minimum Gasteiger partial charge on any atom is -0.497 e. The molecule has 0 bridgehead atoms. The zero-order valence-electron chi connectivity index (χ0n) is 21.6. The van der Waals surface area contributed by atoms with Gasteiger partial charge in [-0.25, -0.2) is 14.8 Å². The minimum atomic E-state index is -1.05. The molecule has 0 aromatic heterocycles. The smallest absolute Gasteiger partial charge is 0.334 e. The summed E-state index contributed by atoms with van der Waals surface area (Å²) in [7, 11) is 3.25. The molecule has 4 amide bonds. The van der Waals surface area contributed by atoms with Gasteiger partial charge in [-0.3, -0.25) is 14.4 Å². The molecular weight excluding hydrogens is 490 g/mol. The highest BCUT2D eigenvalue weighted by Crippen LogP contribution is 2.28. The Hall–Kier alpha value is -4.12. The zero-order chi connectivity index (χ0) is 27.2. The van der Waals surface area contributed by atoms with Crippen molar-refractivity contribution in [2.45, 2.75) is 38.0 Å². The van der Waals surface area contributed by atoms with Crippen molar-refractivity contribution < 1.29 is 29.0 Å². The largest absolute Gasteiger partial charge is 0.497 e. The van der Waals surface area contributed by atoms with Gasteiger partial charge in [0.25, 0.3) is 0 Å². The van der Waals surface area contributed by atoms with Gasteiger partial charge in [0.2, 0.25) is 11.8 Å². The zero-order valence-corrected chi connectivity index (χ0v) is 21.6. The quantitative estimate of drug-likeness (QED) is 0.511. The number of carbonyl (C=O) groups is 4. The molecule has 4 rings (SSSR count). The average molecular weight is 524 g/mol. The van der Waals surface area contributed by atoms with Crippen molar-refractivity contribution in [1.29, 1.82) is 0 Å². The van der Waals surface area contributed by atoms with Gasteiger partial charge in [-0.05, 0) is 36.1 Å². The third-order valence-electron chi connectivity index (χ3n) is 6.90. The van der Waals surface area contributed by atoms with E-state index in [-0.39, 0.29) is 37.7 Å². The predicted octanol–water partition coefficient (Wildman–Crippen LogP) is 1.54. The highest BCUT2D eigenvalue weighted by Gasteiger charge is 2.50. The second-order valence-electron chi connectivity index (χ2n) is 9.42. The van der Waals surface area contributed by atoms with E-state index < -0.39 is 24.2 Å². The third-order valence-corrected chi connectivity index (χ3v) is 6.90. The summed E-state index contributed by atoms with van der Waals surface area (Å²) in [6, 6.07) is 15.6. The van der Waals surface area contributed by atoms with Crippen LogP contribution < -0.4 is 10.1 Å². The van der Waals surface area contributed by atoms with Gasteiger partial charge >= 0.3 is 12.0 Å². The lowest BCUT2D eigenvalue weighted by molar-refractivity contribution is -0.187. The number of carbonyl (C=O) groups excluding carboxylic acids is 3. The lowest BCUT2D eigenvalue weighted by atomic mass is 10.0. The van der Waals surface area contributed by atoms with E-state index >= 15 is 0 Å². The van der Waals surface area contributed by atoms with E-state index in [9.17, 15) is 24.3 Å². The van der Waals surface area contributed by atoms with Gasteiger partial charge in [-0.1, -0.05) is 42.5 Å². The maximum Gasteiger partial charge on any atom is 0.334 e. The van der Waals surface area contributed by atoms with Gasteiger partial charge in [0, 0.05) is 26.6 Å². The molecule has 2 saturated heterocycles. The number of fused-ring (bicyclic) bond motifs is 1. The third kappa shape index (κ3) is 6.05. The first-order chi connectivity index (χ1) is 18.3. The van der Waals surface area contributed by atoms with Crippen LogP contribution in [0.25, 0.3) is 0 Å². The van der Waals surface area contributed by atoms with Crippen LogP contribution in [0.1, 0.15) is 24.0 Å². The molecule has 2 aliphatic heterocycles. The molecule has 2 heterocycles. The second kappa shape index (κ2) is 12.0. The highest BCUT2D eigenvalue weighted by molar-refractivity contribution is 5.91. The van der Waals surface area contributed by atoms with Crippen LogP contribution in [0, 0.1) is 0 Å². The second-order valence-corrected chi connectivity index (χ2v) is 9.42. The van der Waals surface area contributed by atoms with Gasteiger partial charge in [0.15, 0.2) is 0 Å². The van der Waals surface area contributed by atoms with Crippen molar-refractivity contribution in [3.63, 3.8) is 0 Å². The number of benzene rings is 2. The maximum absolute atomic E-state index is 13.5. The number of rotatable bonds is 9.